The molecule has 0 aromatic heterocycles. The van der Waals surface area contributed by atoms with Gasteiger partial charge in [0.15, 0.2) is 16.6 Å². The Balaban J connectivity index is 4.50. The van der Waals surface area contributed by atoms with E-state index in [4.69, 9.17) is 26.6 Å². The molecule has 0 aliphatic rings. The van der Waals surface area contributed by atoms with Crippen LogP contribution in [-0.2, 0) is 26.6 Å². The molecule has 0 bridgehead atoms. The molecule has 29 heavy (non-hydrogen) atoms. The van der Waals surface area contributed by atoms with Crippen molar-refractivity contribution in [3.8, 4) is 0 Å². The average molecular weight is 485 g/mol. The molecular formula is C19H48O6Si4. The minimum absolute atomic E-state index is 0.116. The largest absolute Gasteiger partial charge is 0.437 e. The Labute approximate surface area is 184 Å². The number of hydrogen-bond donors (Lipinski definition) is 0. The third-order valence-corrected chi connectivity index (χ3v) is 16.5. The lowest BCUT2D eigenvalue weighted by Gasteiger charge is -2.41. The maximum Gasteiger partial charge on any atom is 0.342 e. The van der Waals surface area contributed by atoms with E-state index in [1.54, 1.807) is 0 Å². The first-order chi connectivity index (χ1) is 13.1. The van der Waals surface area contributed by atoms with E-state index >= 15 is 0 Å². The summed E-state index contributed by atoms with van der Waals surface area (Å²) in [5.41, 5.74) is 0. The number of unbranched alkanes of at least 4 members (excludes halogenated alkanes) is 1. The summed E-state index contributed by atoms with van der Waals surface area (Å²) in [6.45, 7) is 26.2. The van der Waals surface area contributed by atoms with Crippen molar-refractivity contribution in [2.24, 2.45) is 0 Å². The SMILES string of the molecule is CCCCOC(C)COCCOC[Si](C)(O[Si](C)(C)C)O[Si](C)(C)O[Si](C)(C)C. The molecule has 0 radical (unpaired) electrons. The van der Waals surface area contributed by atoms with Gasteiger partial charge in [-0.2, -0.15) is 0 Å². The molecule has 10 heteroatoms. The van der Waals surface area contributed by atoms with Crippen molar-refractivity contribution in [1.29, 1.82) is 0 Å². The van der Waals surface area contributed by atoms with Gasteiger partial charge in [-0.1, -0.05) is 13.3 Å². The molecule has 0 aromatic carbocycles. The molecule has 0 fully saturated rings. The maximum atomic E-state index is 6.59. The van der Waals surface area contributed by atoms with Crippen LogP contribution in [0.1, 0.15) is 26.7 Å². The van der Waals surface area contributed by atoms with Crippen LogP contribution in [0.3, 0.4) is 0 Å². The molecule has 0 amide bonds. The normalized spacial score (nSPS) is 16.7. The second-order valence-corrected chi connectivity index (χ2v) is 26.5. The van der Waals surface area contributed by atoms with Gasteiger partial charge in [0.05, 0.1) is 32.2 Å². The van der Waals surface area contributed by atoms with Crippen molar-refractivity contribution in [1.82, 2.24) is 0 Å². The van der Waals surface area contributed by atoms with Crippen LogP contribution >= 0.6 is 0 Å². The van der Waals surface area contributed by atoms with Crippen LogP contribution < -0.4 is 0 Å². The van der Waals surface area contributed by atoms with Gasteiger partial charge in [-0.05, 0) is 72.3 Å². The molecular weight excluding hydrogens is 437 g/mol. The van der Waals surface area contributed by atoms with E-state index in [1.165, 1.54) is 0 Å². The minimum atomic E-state index is -2.51. The first-order valence-corrected chi connectivity index (χ1v) is 23.1. The number of rotatable bonds is 17. The third kappa shape index (κ3) is 17.9. The standard InChI is InChI=1S/C19H48O6Si4/c1-12-13-14-22-19(2)17-20-15-16-21-18-29(11,24-27(6,7)8)25-28(9,10)23-26(3,4)5/h19H,12-18H2,1-11H3. The van der Waals surface area contributed by atoms with Crippen LogP contribution in [-0.4, -0.2) is 72.5 Å². The molecule has 0 aromatic rings. The third-order valence-electron chi connectivity index (χ3n) is 3.52. The van der Waals surface area contributed by atoms with Crippen LogP contribution in [0.25, 0.3) is 0 Å². The van der Waals surface area contributed by atoms with Crippen LogP contribution in [0.15, 0.2) is 0 Å². The summed E-state index contributed by atoms with van der Waals surface area (Å²) in [5.74, 6) is 0. The Bertz CT molecular complexity index is 439. The molecule has 0 heterocycles. The highest BCUT2D eigenvalue weighted by molar-refractivity contribution is 6.89. The van der Waals surface area contributed by atoms with E-state index in [9.17, 15) is 0 Å². The molecule has 2 atom stereocenters. The molecule has 0 aliphatic carbocycles. The highest BCUT2D eigenvalue weighted by Crippen LogP contribution is 2.24. The van der Waals surface area contributed by atoms with Crippen molar-refractivity contribution in [2.45, 2.75) is 91.7 Å². The quantitative estimate of drug-likeness (QED) is 0.207. The van der Waals surface area contributed by atoms with Gasteiger partial charge in [-0.3, -0.25) is 0 Å². The molecule has 0 N–H and O–H groups in total. The lowest BCUT2D eigenvalue weighted by molar-refractivity contribution is -0.0220. The summed E-state index contributed by atoms with van der Waals surface area (Å²) in [6.07, 6.45) is 2.85. The van der Waals surface area contributed by atoms with E-state index in [0.717, 1.165) is 19.4 Å². The van der Waals surface area contributed by atoms with Gasteiger partial charge in [-0.15, -0.1) is 0 Å². The van der Waals surface area contributed by atoms with E-state index < -0.39 is 33.8 Å². The fourth-order valence-corrected chi connectivity index (χ4v) is 20.4. The van der Waals surface area contributed by atoms with Gasteiger partial charge >= 0.3 is 17.1 Å². The Morgan fingerprint density at radius 3 is 1.76 bits per heavy atom. The van der Waals surface area contributed by atoms with Crippen LogP contribution in [0.4, 0.5) is 0 Å². The van der Waals surface area contributed by atoms with Crippen LogP contribution in [0.2, 0.25) is 58.9 Å². The smallest absolute Gasteiger partial charge is 0.342 e. The highest BCUT2D eigenvalue weighted by atomic mass is 28.5. The van der Waals surface area contributed by atoms with Crippen molar-refractivity contribution < 1.29 is 26.6 Å². The maximum absolute atomic E-state index is 6.59. The average Bonchev–Trinajstić information content (AvgIpc) is 2.45. The van der Waals surface area contributed by atoms with E-state index in [2.05, 4.69) is 65.8 Å². The molecule has 0 aliphatic heterocycles. The lowest BCUT2D eigenvalue weighted by atomic mass is 10.3. The Morgan fingerprint density at radius 1 is 0.690 bits per heavy atom. The van der Waals surface area contributed by atoms with Crippen LogP contribution in [0, 0.1) is 0 Å². The van der Waals surface area contributed by atoms with Gasteiger partial charge < -0.3 is 26.6 Å². The number of hydrogen-bond acceptors (Lipinski definition) is 6. The van der Waals surface area contributed by atoms with Crippen molar-refractivity contribution in [3.05, 3.63) is 0 Å². The molecule has 0 spiro atoms. The Hall–Kier alpha value is 0.628. The van der Waals surface area contributed by atoms with Crippen molar-refractivity contribution in [2.75, 3.05) is 32.7 Å². The first kappa shape index (κ1) is 29.6. The second kappa shape index (κ2) is 13.2. The lowest BCUT2D eigenvalue weighted by Crippen LogP contribution is -2.59. The van der Waals surface area contributed by atoms with Gasteiger partial charge in [0.25, 0.3) is 0 Å². The van der Waals surface area contributed by atoms with E-state index in [-0.39, 0.29) is 6.10 Å². The van der Waals surface area contributed by atoms with Crippen molar-refractivity contribution >= 4 is 33.8 Å². The molecule has 0 saturated carbocycles. The molecule has 0 saturated heterocycles. The fraction of sp³-hybridized carbons (Fsp3) is 1.00. The van der Waals surface area contributed by atoms with Gasteiger partial charge in [0.2, 0.25) is 0 Å². The zero-order chi connectivity index (χ0) is 22.8. The molecule has 2 unspecified atom stereocenters. The summed E-state index contributed by atoms with van der Waals surface area (Å²) in [4.78, 5) is 0. The van der Waals surface area contributed by atoms with Gasteiger partial charge in [0.1, 0.15) is 0 Å². The highest BCUT2D eigenvalue weighted by Gasteiger charge is 2.44. The summed E-state index contributed by atoms with van der Waals surface area (Å²) < 4.78 is 36.8. The Kier molecular flexibility index (Phi) is 13.5. The fourth-order valence-electron chi connectivity index (χ4n) is 3.11. The molecule has 0 rings (SSSR count). The van der Waals surface area contributed by atoms with Gasteiger partial charge in [-0.25, -0.2) is 0 Å². The zero-order valence-electron chi connectivity index (χ0n) is 21.0. The summed E-state index contributed by atoms with van der Waals surface area (Å²) >= 11 is 0. The van der Waals surface area contributed by atoms with Crippen LogP contribution in [0.5, 0.6) is 0 Å². The predicted molar refractivity (Wildman–Crippen MR) is 131 cm³/mol. The zero-order valence-corrected chi connectivity index (χ0v) is 25.0. The summed E-state index contributed by atoms with van der Waals surface area (Å²) in [6, 6.07) is 0. The minimum Gasteiger partial charge on any atom is -0.437 e. The topological polar surface area (TPSA) is 55.4 Å². The molecule has 6 nitrogen and oxygen atoms in total. The summed E-state index contributed by atoms with van der Waals surface area (Å²) in [5, 5.41) is 0. The predicted octanol–water partition coefficient (Wildman–Crippen LogP) is 5.26. The van der Waals surface area contributed by atoms with Gasteiger partial charge in [0, 0.05) is 6.61 Å². The Morgan fingerprint density at radius 2 is 1.24 bits per heavy atom. The molecule has 176 valence electrons. The first-order valence-electron chi connectivity index (χ1n) is 11.0. The van der Waals surface area contributed by atoms with Crippen molar-refractivity contribution in [3.63, 3.8) is 0 Å². The monoisotopic (exact) mass is 484 g/mol. The number of ether oxygens (including phenoxy) is 3. The summed E-state index contributed by atoms with van der Waals surface area (Å²) in [7, 11) is -8.24. The van der Waals surface area contributed by atoms with E-state index in [0.29, 0.717) is 26.1 Å². The second-order valence-electron chi connectivity index (χ2n) is 10.2. The van der Waals surface area contributed by atoms with E-state index in [1.807, 2.05) is 6.92 Å².